The van der Waals surface area contributed by atoms with Crippen LogP contribution in [0.2, 0.25) is 0 Å². The molecule has 1 amide bonds. The van der Waals surface area contributed by atoms with Gasteiger partial charge in [0.25, 0.3) is 0 Å². The number of aromatic hydroxyl groups is 1. The normalized spacial score (nSPS) is 12.6. The Bertz CT molecular complexity index is 884. The van der Waals surface area contributed by atoms with E-state index in [1.807, 2.05) is 0 Å². The third-order valence-electron chi connectivity index (χ3n) is 3.71. The van der Waals surface area contributed by atoms with Crippen molar-refractivity contribution in [2.75, 3.05) is 7.05 Å². The molecule has 0 saturated heterocycles. The van der Waals surface area contributed by atoms with E-state index in [2.05, 4.69) is 10.0 Å². The van der Waals surface area contributed by atoms with Crippen molar-refractivity contribution in [2.24, 2.45) is 0 Å². The minimum atomic E-state index is -3.58. The van der Waals surface area contributed by atoms with Gasteiger partial charge in [0, 0.05) is 5.56 Å². The summed E-state index contributed by atoms with van der Waals surface area (Å²) >= 11 is 0. The molecule has 0 aliphatic rings. The monoisotopic (exact) mass is 366 g/mol. The van der Waals surface area contributed by atoms with Gasteiger partial charge >= 0.3 is 0 Å². The number of carbonyl (C=O) groups is 1. The summed E-state index contributed by atoms with van der Waals surface area (Å²) in [7, 11) is -2.26. The van der Waals surface area contributed by atoms with Crippen molar-refractivity contribution in [2.45, 2.75) is 24.3 Å². The van der Waals surface area contributed by atoms with Crippen molar-refractivity contribution in [1.29, 1.82) is 0 Å². The van der Waals surface area contributed by atoms with Crippen molar-refractivity contribution in [1.82, 2.24) is 10.0 Å². The molecule has 0 fully saturated rings. The largest absolute Gasteiger partial charge is 0.508 e. The number of sulfonamides is 1. The van der Waals surface area contributed by atoms with Crippen molar-refractivity contribution in [3.8, 4) is 5.75 Å². The molecule has 1 unspecified atom stereocenters. The van der Waals surface area contributed by atoms with E-state index in [0.29, 0.717) is 5.56 Å². The number of rotatable bonds is 6. The van der Waals surface area contributed by atoms with Crippen LogP contribution in [0.5, 0.6) is 5.75 Å². The van der Waals surface area contributed by atoms with E-state index in [-0.39, 0.29) is 22.6 Å². The molecule has 25 heavy (non-hydrogen) atoms. The van der Waals surface area contributed by atoms with Gasteiger partial charge in [-0.3, -0.25) is 4.79 Å². The Hall–Kier alpha value is -2.45. The summed E-state index contributed by atoms with van der Waals surface area (Å²) < 4.78 is 39.1. The summed E-state index contributed by atoms with van der Waals surface area (Å²) in [5, 5.41) is 12.4. The van der Waals surface area contributed by atoms with Crippen molar-refractivity contribution in [3.05, 3.63) is 59.4 Å². The average molecular weight is 366 g/mol. The Balaban J connectivity index is 2.11. The SMILES string of the molecule is CNS(=O)(=O)c1cccc(C(C)NC(=O)Cc2cc(F)ccc2O)c1. The zero-order chi connectivity index (χ0) is 18.6. The van der Waals surface area contributed by atoms with E-state index in [1.54, 1.807) is 19.1 Å². The van der Waals surface area contributed by atoms with Crippen molar-refractivity contribution >= 4 is 15.9 Å². The summed E-state index contributed by atoms with van der Waals surface area (Å²) in [6.45, 7) is 1.70. The van der Waals surface area contributed by atoms with Gasteiger partial charge in [-0.15, -0.1) is 0 Å². The molecule has 0 radical (unpaired) electrons. The molecule has 0 bridgehead atoms. The number of amides is 1. The van der Waals surface area contributed by atoms with E-state index in [9.17, 15) is 22.7 Å². The molecule has 0 aromatic heterocycles. The molecule has 0 saturated carbocycles. The van der Waals surface area contributed by atoms with Crippen LogP contribution in [-0.2, 0) is 21.2 Å². The van der Waals surface area contributed by atoms with E-state index >= 15 is 0 Å². The molecule has 134 valence electrons. The second-order valence-electron chi connectivity index (χ2n) is 5.52. The molecule has 8 heteroatoms. The van der Waals surface area contributed by atoms with Crippen LogP contribution in [0.4, 0.5) is 4.39 Å². The third-order valence-corrected chi connectivity index (χ3v) is 5.12. The predicted molar refractivity (Wildman–Crippen MR) is 91.0 cm³/mol. The highest BCUT2D eigenvalue weighted by atomic mass is 32.2. The van der Waals surface area contributed by atoms with Gasteiger partial charge in [-0.25, -0.2) is 17.5 Å². The highest BCUT2D eigenvalue weighted by Gasteiger charge is 2.16. The maximum absolute atomic E-state index is 13.2. The standard InChI is InChI=1S/C17H19FN2O4S/c1-11(12-4-3-5-15(9-12)25(23,24)19-2)20-17(22)10-13-8-14(18)6-7-16(13)21/h3-9,11,19,21H,10H2,1-2H3,(H,20,22). The summed E-state index contributed by atoms with van der Waals surface area (Å²) in [5.74, 6) is -1.12. The van der Waals surface area contributed by atoms with Crippen LogP contribution >= 0.6 is 0 Å². The zero-order valence-electron chi connectivity index (χ0n) is 13.8. The first kappa shape index (κ1) is 18.9. The summed E-state index contributed by atoms with van der Waals surface area (Å²) in [4.78, 5) is 12.2. The molecule has 1 atom stereocenters. The average Bonchev–Trinajstić information content (AvgIpc) is 2.58. The maximum Gasteiger partial charge on any atom is 0.240 e. The van der Waals surface area contributed by atoms with Crippen LogP contribution in [0.3, 0.4) is 0 Å². The van der Waals surface area contributed by atoms with Crippen LogP contribution in [0.25, 0.3) is 0 Å². The zero-order valence-corrected chi connectivity index (χ0v) is 14.6. The lowest BCUT2D eigenvalue weighted by atomic mass is 10.1. The highest BCUT2D eigenvalue weighted by molar-refractivity contribution is 7.89. The van der Waals surface area contributed by atoms with Gasteiger partial charge < -0.3 is 10.4 Å². The lowest BCUT2D eigenvalue weighted by Gasteiger charge is -2.16. The van der Waals surface area contributed by atoms with Gasteiger partial charge in [0.05, 0.1) is 17.4 Å². The second kappa shape index (κ2) is 7.62. The first-order chi connectivity index (χ1) is 11.7. The van der Waals surface area contributed by atoms with Gasteiger partial charge in [-0.2, -0.15) is 0 Å². The number of phenolic OH excluding ortho intramolecular Hbond substituents is 1. The molecule has 6 nitrogen and oxygen atoms in total. The minimum Gasteiger partial charge on any atom is -0.508 e. The van der Waals surface area contributed by atoms with Crippen molar-refractivity contribution in [3.63, 3.8) is 0 Å². The fourth-order valence-corrected chi connectivity index (χ4v) is 3.10. The van der Waals surface area contributed by atoms with E-state index in [1.165, 1.54) is 25.2 Å². The summed E-state index contributed by atoms with van der Waals surface area (Å²) in [6, 6.07) is 9.13. The molecule has 2 aromatic carbocycles. The molecule has 0 spiro atoms. The molecule has 0 aliphatic heterocycles. The second-order valence-corrected chi connectivity index (χ2v) is 7.41. The first-order valence-electron chi connectivity index (χ1n) is 7.53. The van der Waals surface area contributed by atoms with Gasteiger partial charge in [0.15, 0.2) is 0 Å². The molecule has 2 rings (SSSR count). The molecular weight excluding hydrogens is 347 g/mol. The fourth-order valence-electron chi connectivity index (χ4n) is 2.31. The first-order valence-corrected chi connectivity index (χ1v) is 9.01. The number of phenols is 1. The fraction of sp³-hybridized carbons (Fsp3) is 0.235. The number of hydrogen-bond acceptors (Lipinski definition) is 4. The van der Waals surface area contributed by atoms with Gasteiger partial charge in [0.1, 0.15) is 11.6 Å². The molecular formula is C17H19FN2O4S. The van der Waals surface area contributed by atoms with Gasteiger partial charge in [-0.1, -0.05) is 12.1 Å². The lowest BCUT2D eigenvalue weighted by molar-refractivity contribution is -0.121. The Labute approximate surface area is 145 Å². The van der Waals surface area contributed by atoms with E-state index in [4.69, 9.17) is 0 Å². The van der Waals surface area contributed by atoms with Gasteiger partial charge in [-0.05, 0) is 49.9 Å². The number of nitrogens with one attached hydrogen (secondary N) is 2. The topological polar surface area (TPSA) is 95.5 Å². The molecule has 2 aromatic rings. The predicted octanol–water partition coefficient (Wildman–Crippen LogP) is 1.86. The Morgan fingerprint density at radius 3 is 2.64 bits per heavy atom. The Morgan fingerprint density at radius 1 is 1.24 bits per heavy atom. The van der Waals surface area contributed by atoms with Crippen LogP contribution in [-0.4, -0.2) is 26.5 Å². The molecule has 0 aliphatic carbocycles. The Morgan fingerprint density at radius 2 is 1.96 bits per heavy atom. The lowest BCUT2D eigenvalue weighted by Crippen LogP contribution is -2.28. The minimum absolute atomic E-state index is 0.0939. The van der Waals surface area contributed by atoms with Crippen LogP contribution in [0.15, 0.2) is 47.4 Å². The number of benzene rings is 2. The van der Waals surface area contributed by atoms with Crippen LogP contribution in [0, 0.1) is 5.82 Å². The van der Waals surface area contributed by atoms with Crippen molar-refractivity contribution < 1.29 is 22.7 Å². The molecule has 0 heterocycles. The number of halogens is 1. The van der Waals surface area contributed by atoms with Crippen LogP contribution in [0.1, 0.15) is 24.1 Å². The van der Waals surface area contributed by atoms with E-state index < -0.39 is 27.8 Å². The smallest absolute Gasteiger partial charge is 0.240 e. The van der Waals surface area contributed by atoms with Crippen LogP contribution < -0.4 is 10.0 Å². The maximum atomic E-state index is 13.2. The number of hydrogen-bond donors (Lipinski definition) is 3. The van der Waals surface area contributed by atoms with Gasteiger partial charge in [0.2, 0.25) is 15.9 Å². The summed E-state index contributed by atoms with van der Waals surface area (Å²) in [5.41, 5.74) is 0.782. The highest BCUT2D eigenvalue weighted by Crippen LogP contribution is 2.20. The number of carbonyl (C=O) groups excluding carboxylic acids is 1. The third kappa shape index (κ3) is 4.77. The quantitative estimate of drug-likeness (QED) is 0.727. The van der Waals surface area contributed by atoms with E-state index in [0.717, 1.165) is 12.1 Å². The molecule has 3 N–H and O–H groups in total. The summed E-state index contributed by atoms with van der Waals surface area (Å²) in [6.07, 6.45) is -0.192. The Kier molecular flexibility index (Phi) is 5.76.